The number of benzene rings is 2. The normalized spacial score (nSPS) is 16.5. The fourth-order valence-electron chi connectivity index (χ4n) is 3.03. The number of hydrogen-bond donors (Lipinski definition) is 1. The topological polar surface area (TPSA) is 58.6 Å². The third kappa shape index (κ3) is 4.69. The molecule has 1 heterocycles. The van der Waals surface area contributed by atoms with E-state index in [4.69, 9.17) is 4.74 Å². The molecule has 3 rings (SSSR count). The minimum Gasteiger partial charge on any atom is -0.494 e. The summed E-state index contributed by atoms with van der Waals surface area (Å²) < 4.78 is 6.41. The highest BCUT2D eigenvalue weighted by atomic mass is 79.9. The van der Waals surface area contributed by atoms with E-state index in [1.165, 1.54) is 0 Å². The van der Waals surface area contributed by atoms with E-state index in [1.807, 2.05) is 49.4 Å². The molecule has 1 aliphatic heterocycles. The summed E-state index contributed by atoms with van der Waals surface area (Å²) in [5, 5.41) is 2.92. The average Bonchev–Trinajstić information content (AvgIpc) is 3.04. The molecule has 2 amide bonds. The summed E-state index contributed by atoms with van der Waals surface area (Å²) in [6.07, 6.45) is 1.16. The minimum absolute atomic E-state index is 0.0413. The van der Waals surface area contributed by atoms with E-state index >= 15 is 0 Å². The highest BCUT2D eigenvalue weighted by Gasteiger charge is 2.35. The molecule has 1 aliphatic rings. The summed E-state index contributed by atoms with van der Waals surface area (Å²) in [5.41, 5.74) is 2.61. The largest absolute Gasteiger partial charge is 0.494 e. The number of amides is 2. The molecule has 0 bridgehead atoms. The number of hydrogen-bond acceptors (Lipinski definition) is 3. The van der Waals surface area contributed by atoms with Gasteiger partial charge in [-0.2, -0.15) is 0 Å². The third-order valence-electron chi connectivity index (χ3n) is 4.50. The van der Waals surface area contributed by atoms with Crippen molar-refractivity contribution in [2.45, 2.75) is 26.7 Å². The van der Waals surface area contributed by atoms with Gasteiger partial charge < -0.3 is 15.0 Å². The molecule has 0 radical (unpaired) electrons. The van der Waals surface area contributed by atoms with E-state index in [-0.39, 0.29) is 24.2 Å². The van der Waals surface area contributed by atoms with Crippen LogP contribution in [0.5, 0.6) is 5.75 Å². The smallest absolute Gasteiger partial charge is 0.229 e. The van der Waals surface area contributed by atoms with Crippen LogP contribution in [0.4, 0.5) is 11.4 Å². The summed E-state index contributed by atoms with van der Waals surface area (Å²) >= 11 is 3.47. The molecule has 27 heavy (non-hydrogen) atoms. The van der Waals surface area contributed by atoms with Crippen molar-refractivity contribution in [1.82, 2.24) is 0 Å². The fraction of sp³-hybridized carbons (Fsp3) is 0.333. The zero-order chi connectivity index (χ0) is 19.4. The molecule has 6 heteroatoms. The predicted molar refractivity (Wildman–Crippen MR) is 110 cm³/mol. The van der Waals surface area contributed by atoms with Gasteiger partial charge in [0.05, 0.1) is 18.2 Å². The summed E-state index contributed by atoms with van der Waals surface area (Å²) in [5.74, 6) is 0.228. The SMILES string of the molecule is CCCOc1ccc(N2CC(C(=O)Nc3ccc(C)cc3Br)CC2=O)cc1. The molecule has 1 N–H and O–H groups in total. The molecule has 0 saturated carbocycles. The average molecular weight is 431 g/mol. The van der Waals surface area contributed by atoms with Crippen LogP contribution in [0.3, 0.4) is 0 Å². The maximum atomic E-state index is 12.6. The van der Waals surface area contributed by atoms with Crippen LogP contribution in [0.15, 0.2) is 46.9 Å². The highest BCUT2D eigenvalue weighted by molar-refractivity contribution is 9.10. The lowest BCUT2D eigenvalue weighted by Gasteiger charge is -2.17. The quantitative estimate of drug-likeness (QED) is 0.731. The van der Waals surface area contributed by atoms with Gasteiger partial charge in [-0.15, -0.1) is 0 Å². The Morgan fingerprint density at radius 3 is 2.67 bits per heavy atom. The molecule has 2 aromatic rings. The van der Waals surface area contributed by atoms with Crippen LogP contribution in [0.25, 0.3) is 0 Å². The van der Waals surface area contributed by atoms with Crippen LogP contribution in [-0.2, 0) is 9.59 Å². The van der Waals surface area contributed by atoms with Crippen molar-refractivity contribution in [3.8, 4) is 5.75 Å². The van der Waals surface area contributed by atoms with Gasteiger partial charge in [0.25, 0.3) is 0 Å². The van der Waals surface area contributed by atoms with Crippen LogP contribution in [-0.4, -0.2) is 25.0 Å². The van der Waals surface area contributed by atoms with Crippen molar-refractivity contribution < 1.29 is 14.3 Å². The van der Waals surface area contributed by atoms with E-state index in [1.54, 1.807) is 4.90 Å². The van der Waals surface area contributed by atoms with E-state index in [0.717, 1.165) is 27.9 Å². The monoisotopic (exact) mass is 430 g/mol. The second-order valence-electron chi connectivity index (χ2n) is 6.72. The van der Waals surface area contributed by atoms with Crippen molar-refractivity contribution in [2.24, 2.45) is 5.92 Å². The lowest BCUT2D eigenvalue weighted by Crippen LogP contribution is -2.28. The van der Waals surface area contributed by atoms with E-state index < -0.39 is 0 Å². The van der Waals surface area contributed by atoms with Gasteiger partial charge in [-0.05, 0) is 71.2 Å². The third-order valence-corrected chi connectivity index (χ3v) is 5.16. The van der Waals surface area contributed by atoms with Crippen LogP contribution < -0.4 is 15.0 Å². The second-order valence-corrected chi connectivity index (χ2v) is 7.57. The number of ether oxygens (including phenoxy) is 1. The summed E-state index contributed by atoms with van der Waals surface area (Å²) in [7, 11) is 0. The van der Waals surface area contributed by atoms with Gasteiger partial charge in [0.15, 0.2) is 0 Å². The maximum Gasteiger partial charge on any atom is 0.229 e. The Bertz CT molecular complexity index is 836. The van der Waals surface area contributed by atoms with Gasteiger partial charge in [0, 0.05) is 23.1 Å². The number of nitrogens with zero attached hydrogens (tertiary/aromatic N) is 1. The van der Waals surface area contributed by atoms with Crippen LogP contribution >= 0.6 is 15.9 Å². The first kappa shape index (κ1) is 19.4. The Morgan fingerprint density at radius 1 is 1.26 bits per heavy atom. The number of rotatable bonds is 6. The molecule has 0 aromatic heterocycles. The molecule has 2 aromatic carbocycles. The summed E-state index contributed by atoms with van der Waals surface area (Å²) in [4.78, 5) is 26.7. The van der Waals surface area contributed by atoms with Crippen molar-refractivity contribution in [3.63, 3.8) is 0 Å². The van der Waals surface area contributed by atoms with Crippen molar-refractivity contribution >= 4 is 39.1 Å². The van der Waals surface area contributed by atoms with Crippen LogP contribution in [0.1, 0.15) is 25.3 Å². The predicted octanol–water partition coefficient (Wildman–Crippen LogP) is 4.54. The molecular weight excluding hydrogens is 408 g/mol. The number of carbonyl (C=O) groups excluding carboxylic acids is 2. The first-order chi connectivity index (χ1) is 13.0. The van der Waals surface area contributed by atoms with Gasteiger partial charge in [-0.25, -0.2) is 0 Å². The van der Waals surface area contributed by atoms with Gasteiger partial charge in [-0.1, -0.05) is 13.0 Å². The van der Waals surface area contributed by atoms with E-state index in [2.05, 4.69) is 28.2 Å². The Hall–Kier alpha value is -2.34. The molecule has 5 nitrogen and oxygen atoms in total. The van der Waals surface area contributed by atoms with Gasteiger partial charge in [0.2, 0.25) is 11.8 Å². The molecule has 1 unspecified atom stereocenters. The highest BCUT2D eigenvalue weighted by Crippen LogP contribution is 2.29. The van der Waals surface area contributed by atoms with Crippen LogP contribution in [0, 0.1) is 12.8 Å². The van der Waals surface area contributed by atoms with Gasteiger partial charge in [-0.3, -0.25) is 9.59 Å². The fourth-order valence-corrected chi connectivity index (χ4v) is 3.62. The van der Waals surface area contributed by atoms with Gasteiger partial charge >= 0.3 is 0 Å². The molecule has 0 aliphatic carbocycles. The first-order valence-corrected chi connectivity index (χ1v) is 9.87. The second kappa shape index (κ2) is 8.57. The van der Waals surface area contributed by atoms with Crippen LogP contribution in [0.2, 0.25) is 0 Å². The van der Waals surface area contributed by atoms with Crippen molar-refractivity contribution in [1.29, 1.82) is 0 Å². The summed E-state index contributed by atoms with van der Waals surface area (Å²) in [6, 6.07) is 13.2. The number of anilines is 2. The molecule has 1 atom stereocenters. The van der Waals surface area contributed by atoms with E-state index in [0.29, 0.717) is 18.8 Å². The first-order valence-electron chi connectivity index (χ1n) is 9.08. The zero-order valence-electron chi connectivity index (χ0n) is 15.5. The minimum atomic E-state index is -0.373. The summed E-state index contributed by atoms with van der Waals surface area (Å²) in [6.45, 7) is 5.09. The van der Waals surface area contributed by atoms with Crippen molar-refractivity contribution in [3.05, 3.63) is 52.5 Å². The Morgan fingerprint density at radius 2 is 2.00 bits per heavy atom. The lowest BCUT2D eigenvalue weighted by atomic mass is 10.1. The molecular formula is C21H23BrN2O3. The number of carbonyl (C=O) groups is 2. The number of halogens is 1. The lowest BCUT2D eigenvalue weighted by molar-refractivity contribution is -0.122. The molecule has 0 spiro atoms. The number of nitrogens with one attached hydrogen (secondary N) is 1. The van der Waals surface area contributed by atoms with Crippen molar-refractivity contribution in [2.75, 3.05) is 23.4 Å². The number of aryl methyl sites for hydroxylation is 1. The van der Waals surface area contributed by atoms with Gasteiger partial charge in [0.1, 0.15) is 5.75 Å². The Balaban J connectivity index is 1.65. The standard InChI is InChI=1S/C21H23BrN2O3/c1-3-10-27-17-7-5-16(6-8-17)24-13-15(12-20(24)25)21(26)23-19-9-4-14(2)11-18(19)22/h4-9,11,15H,3,10,12-13H2,1-2H3,(H,23,26). The molecule has 142 valence electrons. The Kier molecular flexibility index (Phi) is 6.16. The van der Waals surface area contributed by atoms with E-state index in [9.17, 15) is 9.59 Å². The molecule has 1 saturated heterocycles. The zero-order valence-corrected chi connectivity index (χ0v) is 17.1. The Labute approximate surface area is 167 Å². The molecule has 1 fully saturated rings. The maximum absolute atomic E-state index is 12.6.